The van der Waals surface area contributed by atoms with Crippen molar-refractivity contribution in [2.24, 2.45) is 0 Å². The smallest absolute Gasteiger partial charge is 0.258 e. The van der Waals surface area contributed by atoms with Crippen molar-refractivity contribution < 1.29 is 4.92 Å². The van der Waals surface area contributed by atoms with Crippen molar-refractivity contribution in [3.05, 3.63) is 39.6 Å². The number of rotatable bonds is 3. The Hall–Kier alpha value is -2.02. The van der Waals surface area contributed by atoms with Gasteiger partial charge in [-0.05, 0) is 12.8 Å². The van der Waals surface area contributed by atoms with Gasteiger partial charge in [0.25, 0.3) is 0 Å². The molecule has 7 nitrogen and oxygen atoms in total. The van der Waals surface area contributed by atoms with Crippen LogP contribution in [0.1, 0.15) is 37.3 Å². The van der Waals surface area contributed by atoms with E-state index in [1.165, 1.54) is 11.0 Å². The van der Waals surface area contributed by atoms with Gasteiger partial charge in [-0.2, -0.15) is 9.78 Å². The summed E-state index contributed by atoms with van der Waals surface area (Å²) in [4.78, 5) is 18.7. The van der Waals surface area contributed by atoms with Crippen LogP contribution < -0.4 is 0 Å². The molecule has 0 atom stereocenters. The molecule has 0 radical (unpaired) electrons. The summed E-state index contributed by atoms with van der Waals surface area (Å²) in [5, 5.41) is 15.6. The van der Waals surface area contributed by atoms with Crippen LogP contribution in [0, 0.1) is 10.1 Å². The quantitative estimate of drug-likeness (QED) is 0.641. The van der Waals surface area contributed by atoms with Crippen molar-refractivity contribution >= 4 is 17.3 Å². The highest BCUT2D eigenvalue weighted by Crippen LogP contribution is 2.41. The summed E-state index contributed by atoms with van der Waals surface area (Å²) in [5.74, 6) is 0.535. The van der Waals surface area contributed by atoms with Crippen LogP contribution in [0.15, 0.2) is 18.6 Å². The second kappa shape index (κ2) is 5.16. The van der Waals surface area contributed by atoms with E-state index in [1.807, 2.05) is 0 Å². The van der Waals surface area contributed by atoms with E-state index in [0.29, 0.717) is 11.5 Å². The lowest BCUT2D eigenvalue weighted by molar-refractivity contribution is -0.385. The zero-order valence-corrected chi connectivity index (χ0v) is 11.3. The molecular formula is C12H12ClN5O2. The SMILES string of the molecule is O=[N+]([O-])c1c(C2CCCC2)nn(-c2ccncn2)c1Cl. The summed E-state index contributed by atoms with van der Waals surface area (Å²) in [5.41, 5.74) is 0.369. The monoisotopic (exact) mass is 293 g/mol. The largest absolute Gasteiger partial charge is 0.329 e. The van der Waals surface area contributed by atoms with Crippen molar-refractivity contribution in [2.75, 3.05) is 0 Å². The molecule has 0 spiro atoms. The van der Waals surface area contributed by atoms with Crippen LogP contribution >= 0.6 is 11.6 Å². The van der Waals surface area contributed by atoms with Crippen molar-refractivity contribution in [1.29, 1.82) is 0 Å². The van der Waals surface area contributed by atoms with Gasteiger partial charge in [0.05, 0.1) is 4.92 Å². The van der Waals surface area contributed by atoms with Crippen LogP contribution in [0.3, 0.4) is 0 Å². The van der Waals surface area contributed by atoms with Crippen molar-refractivity contribution in [3.8, 4) is 5.82 Å². The molecular weight excluding hydrogens is 282 g/mol. The van der Waals surface area contributed by atoms with Gasteiger partial charge in [-0.15, -0.1) is 0 Å². The Morgan fingerprint density at radius 1 is 1.40 bits per heavy atom. The minimum Gasteiger partial charge on any atom is -0.258 e. The average Bonchev–Trinajstić information content (AvgIpc) is 3.06. The molecule has 1 fully saturated rings. The predicted octanol–water partition coefficient (Wildman–Crippen LogP) is 2.88. The van der Waals surface area contributed by atoms with Gasteiger partial charge in [0.1, 0.15) is 12.0 Å². The Kier molecular flexibility index (Phi) is 3.35. The summed E-state index contributed by atoms with van der Waals surface area (Å²) in [6.07, 6.45) is 6.87. The van der Waals surface area contributed by atoms with Gasteiger partial charge in [0, 0.05) is 18.2 Å². The molecule has 0 saturated heterocycles. The van der Waals surface area contributed by atoms with Gasteiger partial charge in [0.15, 0.2) is 5.82 Å². The third-order valence-electron chi connectivity index (χ3n) is 3.54. The molecule has 104 valence electrons. The van der Waals surface area contributed by atoms with Crippen molar-refractivity contribution in [1.82, 2.24) is 19.7 Å². The van der Waals surface area contributed by atoms with Gasteiger partial charge in [-0.25, -0.2) is 9.97 Å². The van der Waals surface area contributed by atoms with Crippen LogP contribution in [0.25, 0.3) is 5.82 Å². The molecule has 1 aliphatic rings. The van der Waals surface area contributed by atoms with Gasteiger partial charge in [0.2, 0.25) is 5.15 Å². The lowest BCUT2D eigenvalue weighted by Gasteiger charge is -2.03. The van der Waals surface area contributed by atoms with Gasteiger partial charge < -0.3 is 0 Å². The number of halogens is 1. The van der Waals surface area contributed by atoms with E-state index in [1.54, 1.807) is 12.3 Å². The Morgan fingerprint density at radius 2 is 2.15 bits per heavy atom. The molecule has 1 aliphatic carbocycles. The molecule has 2 heterocycles. The first-order valence-corrected chi connectivity index (χ1v) is 6.75. The Labute approximate surface area is 119 Å². The normalized spacial score (nSPS) is 15.7. The van der Waals surface area contributed by atoms with E-state index >= 15 is 0 Å². The van der Waals surface area contributed by atoms with E-state index in [4.69, 9.17) is 11.6 Å². The number of nitrogens with zero attached hydrogens (tertiary/aromatic N) is 5. The minimum absolute atomic E-state index is 0.00407. The number of hydrogen-bond donors (Lipinski definition) is 0. The summed E-state index contributed by atoms with van der Waals surface area (Å²) in [6.45, 7) is 0. The first-order valence-electron chi connectivity index (χ1n) is 6.37. The molecule has 0 aromatic carbocycles. The number of aromatic nitrogens is 4. The summed E-state index contributed by atoms with van der Waals surface area (Å²) in [6, 6.07) is 1.61. The third kappa shape index (κ3) is 2.14. The maximum absolute atomic E-state index is 11.3. The molecule has 1 saturated carbocycles. The van der Waals surface area contributed by atoms with Crippen LogP contribution in [-0.2, 0) is 0 Å². The Balaban J connectivity index is 2.13. The highest BCUT2D eigenvalue weighted by molar-refractivity contribution is 6.32. The number of nitro groups is 1. The molecule has 0 bridgehead atoms. The summed E-state index contributed by atoms with van der Waals surface area (Å²) < 4.78 is 1.31. The Bertz CT molecular complexity index is 637. The van der Waals surface area contributed by atoms with E-state index in [9.17, 15) is 10.1 Å². The second-order valence-corrected chi connectivity index (χ2v) is 5.10. The standard InChI is InChI=1S/C12H12ClN5O2/c13-12-11(18(19)20)10(8-3-1-2-4-8)16-17(12)9-5-6-14-7-15-9/h5-8H,1-4H2. The minimum atomic E-state index is -0.458. The first kappa shape index (κ1) is 13.0. The first-order chi connectivity index (χ1) is 9.68. The van der Waals surface area contributed by atoms with Gasteiger partial charge >= 0.3 is 5.69 Å². The predicted molar refractivity (Wildman–Crippen MR) is 72.0 cm³/mol. The molecule has 0 aliphatic heterocycles. The van der Waals surface area contributed by atoms with Crippen molar-refractivity contribution in [3.63, 3.8) is 0 Å². The van der Waals surface area contributed by atoms with E-state index in [-0.39, 0.29) is 16.8 Å². The van der Waals surface area contributed by atoms with Crippen LogP contribution in [0.5, 0.6) is 0 Å². The molecule has 20 heavy (non-hydrogen) atoms. The van der Waals surface area contributed by atoms with E-state index < -0.39 is 4.92 Å². The molecule has 2 aromatic rings. The van der Waals surface area contributed by atoms with Gasteiger partial charge in [-0.1, -0.05) is 24.4 Å². The zero-order valence-electron chi connectivity index (χ0n) is 10.6. The second-order valence-electron chi connectivity index (χ2n) is 4.74. The number of hydrogen-bond acceptors (Lipinski definition) is 5. The summed E-state index contributed by atoms with van der Waals surface area (Å²) in [7, 11) is 0. The topological polar surface area (TPSA) is 86.7 Å². The van der Waals surface area contributed by atoms with Crippen LogP contribution in [0.2, 0.25) is 5.15 Å². The molecule has 8 heteroatoms. The highest BCUT2D eigenvalue weighted by Gasteiger charge is 2.33. The lowest BCUT2D eigenvalue weighted by atomic mass is 10.0. The molecule has 2 aromatic heterocycles. The zero-order chi connectivity index (χ0) is 14.1. The van der Waals surface area contributed by atoms with E-state index in [2.05, 4.69) is 15.1 Å². The summed E-state index contributed by atoms with van der Waals surface area (Å²) >= 11 is 6.14. The van der Waals surface area contributed by atoms with Crippen molar-refractivity contribution in [2.45, 2.75) is 31.6 Å². The average molecular weight is 294 g/mol. The van der Waals surface area contributed by atoms with E-state index in [0.717, 1.165) is 25.7 Å². The van der Waals surface area contributed by atoms with Crippen LogP contribution in [-0.4, -0.2) is 24.7 Å². The molecule has 0 N–H and O–H groups in total. The maximum atomic E-state index is 11.3. The Morgan fingerprint density at radius 3 is 2.75 bits per heavy atom. The molecule has 0 unspecified atom stereocenters. The molecule has 0 amide bonds. The lowest BCUT2D eigenvalue weighted by Crippen LogP contribution is -2.01. The van der Waals surface area contributed by atoms with Gasteiger partial charge in [-0.3, -0.25) is 10.1 Å². The fourth-order valence-corrected chi connectivity index (χ4v) is 2.90. The van der Waals surface area contributed by atoms with Crippen LogP contribution in [0.4, 0.5) is 5.69 Å². The fraction of sp³-hybridized carbons (Fsp3) is 0.417. The highest BCUT2D eigenvalue weighted by atomic mass is 35.5. The third-order valence-corrected chi connectivity index (χ3v) is 3.88. The maximum Gasteiger partial charge on any atom is 0.329 e. The molecule has 3 rings (SSSR count). The fourth-order valence-electron chi connectivity index (χ4n) is 2.61.